The van der Waals surface area contributed by atoms with E-state index in [1.807, 2.05) is 0 Å². The van der Waals surface area contributed by atoms with Crippen molar-refractivity contribution in [2.75, 3.05) is 6.54 Å². The van der Waals surface area contributed by atoms with Crippen LogP contribution in [0.2, 0.25) is 10.0 Å². The summed E-state index contributed by atoms with van der Waals surface area (Å²) in [6.07, 6.45) is 0.546. The van der Waals surface area contributed by atoms with E-state index in [0.29, 0.717) is 29.6 Å². The number of hydrogen-bond donors (Lipinski definition) is 2. The molecule has 3 nitrogen and oxygen atoms in total. The first kappa shape index (κ1) is 15.3. The van der Waals surface area contributed by atoms with Crippen LogP contribution in [0.1, 0.15) is 25.8 Å². The van der Waals surface area contributed by atoms with E-state index >= 15 is 0 Å². The largest absolute Gasteiger partial charge is 0.481 e. The third-order valence-electron chi connectivity index (χ3n) is 2.87. The van der Waals surface area contributed by atoms with Crippen molar-refractivity contribution in [1.29, 1.82) is 0 Å². The summed E-state index contributed by atoms with van der Waals surface area (Å²) in [6, 6.07) is 5.36. The zero-order valence-corrected chi connectivity index (χ0v) is 12.0. The number of halogens is 2. The highest BCUT2D eigenvalue weighted by Gasteiger charge is 2.26. The number of benzene rings is 1. The van der Waals surface area contributed by atoms with Gasteiger partial charge in [-0.05, 0) is 38.9 Å². The Morgan fingerprint density at radius 3 is 2.39 bits per heavy atom. The number of carbonyl (C=O) groups is 1. The van der Waals surface area contributed by atoms with Gasteiger partial charge in [-0.3, -0.25) is 4.79 Å². The van der Waals surface area contributed by atoms with Crippen molar-refractivity contribution in [3.63, 3.8) is 0 Å². The maximum atomic E-state index is 10.9. The molecule has 0 aliphatic rings. The Hall–Kier alpha value is -0.770. The summed E-state index contributed by atoms with van der Waals surface area (Å²) in [4.78, 5) is 10.9. The normalized spacial score (nSPS) is 11.6. The SMILES string of the molecule is CC(C)(CCNCc1c(Cl)cccc1Cl)C(=O)O. The molecule has 0 amide bonds. The summed E-state index contributed by atoms with van der Waals surface area (Å²) in [5.41, 5.74) is 0.117. The van der Waals surface area contributed by atoms with Crippen molar-refractivity contribution < 1.29 is 9.90 Å². The lowest BCUT2D eigenvalue weighted by Gasteiger charge is -2.19. The molecule has 1 aromatic rings. The van der Waals surface area contributed by atoms with Crippen molar-refractivity contribution >= 4 is 29.2 Å². The smallest absolute Gasteiger partial charge is 0.309 e. The minimum Gasteiger partial charge on any atom is -0.481 e. The molecule has 0 aliphatic carbocycles. The molecule has 100 valence electrons. The summed E-state index contributed by atoms with van der Waals surface area (Å²) in [5.74, 6) is -0.792. The molecule has 0 aromatic heterocycles. The number of carboxylic acid groups (broad SMARTS) is 1. The van der Waals surface area contributed by atoms with Gasteiger partial charge in [-0.2, -0.15) is 0 Å². The molecule has 0 atom stereocenters. The molecule has 0 saturated carbocycles. The fraction of sp³-hybridized carbons (Fsp3) is 0.462. The Labute approximate surface area is 117 Å². The second kappa shape index (κ2) is 6.41. The van der Waals surface area contributed by atoms with Gasteiger partial charge in [0, 0.05) is 22.2 Å². The van der Waals surface area contributed by atoms with Crippen LogP contribution in [-0.2, 0) is 11.3 Å². The van der Waals surface area contributed by atoms with Gasteiger partial charge in [0.05, 0.1) is 5.41 Å². The topological polar surface area (TPSA) is 49.3 Å². The summed E-state index contributed by atoms with van der Waals surface area (Å²) in [6.45, 7) is 4.55. The van der Waals surface area contributed by atoms with E-state index < -0.39 is 11.4 Å². The predicted molar refractivity (Wildman–Crippen MR) is 74.2 cm³/mol. The van der Waals surface area contributed by atoms with Gasteiger partial charge in [0.1, 0.15) is 0 Å². The summed E-state index contributed by atoms with van der Waals surface area (Å²) >= 11 is 12.1. The van der Waals surface area contributed by atoms with Gasteiger partial charge in [-0.25, -0.2) is 0 Å². The Morgan fingerprint density at radius 2 is 1.89 bits per heavy atom. The molecule has 1 rings (SSSR count). The summed E-state index contributed by atoms with van der Waals surface area (Å²) in [7, 11) is 0. The van der Waals surface area contributed by atoms with Crippen LogP contribution in [0.15, 0.2) is 18.2 Å². The average molecular weight is 290 g/mol. The third kappa shape index (κ3) is 4.16. The van der Waals surface area contributed by atoms with E-state index in [1.54, 1.807) is 32.0 Å². The maximum absolute atomic E-state index is 10.9. The number of hydrogen-bond acceptors (Lipinski definition) is 2. The second-order valence-corrected chi connectivity index (χ2v) is 5.63. The lowest BCUT2D eigenvalue weighted by Crippen LogP contribution is -2.28. The van der Waals surface area contributed by atoms with Crippen molar-refractivity contribution in [2.24, 2.45) is 5.41 Å². The lowest BCUT2D eigenvalue weighted by atomic mass is 9.90. The molecule has 5 heteroatoms. The van der Waals surface area contributed by atoms with E-state index in [1.165, 1.54) is 0 Å². The van der Waals surface area contributed by atoms with Crippen LogP contribution in [0.5, 0.6) is 0 Å². The first-order valence-electron chi connectivity index (χ1n) is 5.71. The van der Waals surface area contributed by atoms with Gasteiger partial charge in [0.2, 0.25) is 0 Å². The molecule has 0 saturated heterocycles. The van der Waals surface area contributed by atoms with E-state index in [9.17, 15) is 4.79 Å². The molecule has 0 fully saturated rings. The molecule has 0 bridgehead atoms. The van der Waals surface area contributed by atoms with Crippen molar-refractivity contribution in [3.05, 3.63) is 33.8 Å². The molecule has 0 heterocycles. The monoisotopic (exact) mass is 289 g/mol. The second-order valence-electron chi connectivity index (χ2n) is 4.82. The quantitative estimate of drug-likeness (QED) is 0.787. The van der Waals surface area contributed by atoms with Crippen molar-refractivity contribution in [3.8, 4) is 0 Å². The number of carboxylic acids is 1. The van der Waals surface area contributed by atoms with Gasteiger partial charge in [-0.15, -0.1) is 0 Å². The molecule has 18 heavy (non-hydrogen) atoms. The Balaban J connectivity index is 2.46. The van der Waals surface area contributed by atoms with Gasteiger partial charge < -0.3 is 10.4 Å². The zero-order valence-electron chi connectivity index (χ0n) is 10.5. The van der Waals surface area contributed by atoms with E-state index in [-0.39, 0.29) is 0 Å². The van der Waals surface area contributed by atoms with Crippen LogP contribution in [0, 0.1) is 5.41 Å². The molecule has 0 unspecified atom stereocenters. The number of rotatable bonds is 6. The van der Waals surface area contributed by atoms with E-state index in [2.05, 4.69) is 5.32 Å². The number of nitrogens with one attached hydrogen (secondary N) is 1. The first-order valence-corrected chi connectivity index (χ1v) is 6.47. The van der Waals surface area contributed by atoms with Crippen LogP contribution >= 0.6 is 23.2 Å². The fourth-order valence-corrected chi connectivity index (χ4v) is 1.95. The maximum Gasteiger partial charge on any atom is 0.309 e. The van der Waals surface area contributed by atoms with Crippen molar-refractivity contribution in [2.45, 2.75) is 26.8 Å². The highest BCUT2D eigenvalue weighted by Crippen LogP contribution is 2.24. The van der Waals surface area contributed by atoms with Crippen molar-refractivity contribution in [1.82, 2.24) is 5.32 Å². The Bertz CT molecular complexity index is 413. The average Bonchev–Trinajstić information content (AvgIpc) is 2.27. The molecular weight excluding hydrogens is 273 g/mol. The zero-order chi connectivity index (χ0) is 13.8. The van der Waals surface area contributed by atoms with E-state index in [0.717, 1.165) is 5.56 Å². The summed E-state index contributed by atoms with van der Waals surface area (Å²) < 4.78 is 0. The van der Waals surface area contributed by atoms with Crippen LogP contribution in [0.4, 0.5) is 0 Å². The molecule has 2 N–H and O–H groups in total. The summed E-state index contributed by atoms with van der Waals surface area (Å²) in [5, 5.41) is 13.4. The highest BCUT2D eigenvalue weighted by atomic mass is 35.5. The van der Waals surface area contributed by atoms with Gasteiger partial charge in [0.15, 0.2) is 0 Å². The van der Waals surface area contributed by atoms with Gasteiger partial charge >= 0.3 is 5.97 Å². The molecule has 1 aromatic carbocycles. The molecule has 0 aliphatic heterocycles. The highest BCUT2D eigenvalue weighted by molar-refractivity contribution is 6.35. The first-order chi connectivity index (χ1) is 8.34. The van der Waals surface area contributed by atoms with Crippen LogP contribution < -0.4 is 5.32 Å². The van der Waals surface area contributed by atoms with Crippen LogP contribution in [0.3, 0.4) is 0 Å². The van der Waals surface area contributed by atoms with Gasteiger partial charge in [0.25, 0.3) is 0 Å². The predicted octanol–water partition coefficient (Wildman–Crippen LogP) is 3.58. The minimum atomic E-state index is -0.792. The third-order valence-corrected chi connectivity index (χ3v) is 3.58. The van der Waals surface area contributed by atoms with Crippen LogP contribution in [0.25, 0.3) is 0 Å². The van der Waals surface area contributed by atoms with Crippen LogP contribution in [-0.4, -0.2) is 17.6 Å². The standard InChI is InChI=1S/C13H17Cl2NO2/c1-13(2,12(17)18)6-7-16-8-9-10(14)4-3-5-11(9)15/h3-5,16H,6-8H2,1-2H3,(H,17,18). The fourth-order valence-electron chi connectivity index (χ4n) is 1.42. The minimum absolute atomic E-state index is 0.536. The molecule has 0 spiro atoms. The Kier molecular flexibility index (Phi) is 5.45. The molecular formula is C13H17Cl2NO2. The molecule has 0 radical (unpaired) electrons. The van der Waals surface area contributed by atoms with E-state index in [4.69, 9.17) is 28.3 Å². The number of aliphatic carboxylic acids is 1. The van der Waals surface area contributed by atoms with Gasteiger partial charge in [-0.1, -0.05) is 29.3 Å². The lowest BCUT2D eigenvalue weighted by molar-refractivity contribution is -0.147. The Morgan fingerprint density at radius 1 is 1.33 bits per heavy atom.